The molecule has 0 aromatic heterocycles. The van der Waals surface area contributed by atoms with Crippen molar-refractivity contribution in [2.45, 2.75) is 103 Å². The van der Waals surface area contributed by atoms with Gasteiger partial charge in [0.25, 0.3) is 0 Å². The van der Waals surface area contributed by atoms with Gasteiger partial charge in [0.05, 0.1) is 12.5 Å². The van der Waals surface area contributed by atoms with Gasteiger partial charge in [-0.15, -0.1) is 0 Å². The van der Waals surface area contributed by atoms with Crippen molar-refractivity contribution < 1.29 is 34.4 Å². The predicted octanol–water partition coefficient (Wildman–Crippen LogP) is 3.52. The lowest BCUT2D eigenvalue weighted by atomic mass is 9.92. The summed E-state index contributed by atoms with van der Waals surface area (Å²) >= 11 is 0. The van der Waals surface area contributed by atoms with Crippen LogP contribution in [0.15, 0.2) is 0 Å². The van der Waals surface area contributed by atoms with Crippen LogP contribution in [0, 0.1) is 0 Å². The highest BCUT2D eigenvalue weighted by atomic mass is 16.6. The molecule has 7 heteroatoms. The van der Waals surface area contributed by atoms with Gasteiger partial charge in [0, 0.05) is 12.8 Å². The van der Waals surface area contributed by atoms with E-state index in [-0.39, 0.29) is 6.42 Å². The van der Waals surface area contributed by atoms with E-state index in [1.165, 1.54) is 39.0 Å². The van der Waals surface area contributed by atoms with Crippen LogP contribution < -0.4 is 0 Å². The number of hydrogen-bond donors (Lipinski definition) is 3. The molecule has 0 amide bonds. The fourth-order valence-corrected chi connectivity index (χ4v) is 2.93. The van der Waals surface area contributed by atoms with Gasteiger partial charge in [-0.25, -0.2) is 4.79 Å². The van der Waals surface area contributed by atoms with Crippen molar-refractivity contribution >= 4 is 17.9 Å². The van der Waals surface area contributed by atoms with Crippen molar-refractivity contribution in [3.05, 3.63) is 0 Å². The molecule has 0 saturated carbocycles. The summed E-state index contributed by atoms with van der Waals surface area (Å²) in [7, 11) is 0. The highest BCUT2D eigenvalue weighted by Crippen LogP contribution is 2.25. The van der Waals surface area contributed by atoms with Gasteiger partial charge in [-0.2, -0.15) is 0 Å². The summed E-state index contributed by atoms with van der Waals surface area (Å²) in [6, 6.07) is 0. The molecule has 0 saturated heterocycles. The molecule has 0 heterocycles. The van der Waals surface area contributed by atoms with Crippen molar-refractivity contribution in [2.24, 2.45) is 0 Å². The highest BCUT2D eigenvalue weighted by Gasteiger charge is 2.45. The van der Waals surface area contributed by atoms with E-state index in [4.69, 9.17) is 9.84 Å². The molecule has 0 aliphatic heterocycles. The third kappa shape index (κ3) is 11.1. The van der Waals surface area contributed by atoms with Gasteiger partial charge >= 0.3 is 17.9 Å². The van der Waals surface area contributed by atoms with E-state index < -0.39 is 42.5 Å². The molecule has 0 aromatic carbocycles. The van der Waals surface area contributed by atoms with Crippen LogP contribution >= 0.6 is 0 Å². The number of carbonyl (C=O) groups excluding carboxylic acids is 1. The number of carboxylic acids is 2. The summed E-state index contributed by atoms with van der Waals surface area (Å²) in [5, 5.41) is 27.8. The normalized spacial score (nSPS) is 14.4. The molecule has 0 aromatic rings. The molecule has 3 N–H and O–H groups in total. The highest BCUT2D eigenvalue weighted by molar-refractivity contribution is 5.86. The van der Waals surface area contributed by atoms with E-state index >= 15 is 0 Å². The Morgan fingerprint density at radius 1 is 0.923 bits per heavy atom. The third-order valence-electron chi connectivity index (χ3n) is 4.25. The molecular formula is C19H34O7. The van der Waals surface area contributed by atoms with E-state index in [0.717, 1.165) is 19.3 Å². The van der Waals surface area contributed by atoms with E-state index in [1.54, 1.807) is 0 Å². The Balaban J connectivity index is 4.28. The first kappa shape index (κ1) is 24.4. The van der Waals surface area contributed by atoms with Gasteiger partial charge in [-0.05, 0) is 13.3 Å². The van der Waals surface area contributed by atoms with Crippen LogP contribution in [0.4, 0.5) is 0 Å². The predicted molar refractivity (Wildman–Crippen MR) is 96.9 cm³/mol. The Bertz CT molecular complexity index is 434. The molecule has 2 unspecified atom stereocenters. The van der Waals surface area contributed by atoms with Crippen LogP contribution in [0.25, 0.3) is 0 Å². The Morgan fingerprint density at radius 3 is 1.85 bits per heavy atom. The standard InChI is InChI=1S/C19H34O7/c1-3-4-5-6-7-8-9-10-11-12-17(23)26-19(18(24)25,13-15(2)20)14-16(21)22/h15,20H,3-14H2,1-2H3,(H,21,22)(H,24,25). The van der Waals surface area contributed by atoms with Gasteiger partial charge in [0.1, 0.15) is 0 Å². The first-order valence-corrected chi connectivity index (χ1v) is 9.58. The van der Waals surface area contributed by atoms with E-state index in [0.29, 0.717) is 6.42 Å². The number of carboxylic acid groups (broad SMARTS) is 2. The quantitative estimate of drug-likeness (QED) is 0.279. The molecule has 2 atom stereocenters. The zero-order valence-electron chi connectivity index (χ0n) is 16.0. The second-order valence-electron chi connectivity index (χ2n) is 6.98. The van der Waals surface area contributed by atoms with E-state index in [1.807, 2.05) is 0 Å². The fraction of sp³-hybridized carbons (Fsp3) is 0.842. The van der Waals surface area contributed by atoms with Crippen molar-refractivity contribution in [2.75, 3.05) is 0 Å². The Hall–Kier alpha value is -1.63. The molecule has 0 rings (SSSR count). The summed E-state index contributed by atoms with van der Waals surface area (Å²) in [4.78, 5) is 34.4. The molecule has 0 spiro atoms. The van der Waals surface area contributed by atoms with Crippen LogP contribution in [0.1, 0.15) is 90.9 Å². The Labute approximate surface area is 155 Å². The lowest BCUT2D eigenvalue weighted by molar-refractivity contribution is -0.186. The number of unbranched alkanes of at least 4 members (excludes halogenated alkanes) is 8. The summed E-state index contributed by atoms with van der Waals surface area (Å²) < 4.78 is 5.01. The number of aliphatic hydroxyl groups excluding tert-OH is 1. The van der Waals surface area contributed by atoms with Gasteiger partial charge in [0.2, 0.25) is 5.60 Å². The van der Waals surface area contributed by atoms with Crippen molar-refractivity contribution in [1.82, 2.24) is 0 Å². The average molecular weight is 374 g/mol. The molecule has 0 radical (unpaired) electrons. The topological polar surface area (TPSA) is 121 Å². The monoisotopic (exact) mass is 374 g/mol. The van der Waals surface area contributed by atoms with Gasteiger partial charge in [0.15, 0.2) is 0 Å². The molecule has 152 valence electrons. The van der Waals surface area contributed by atoms with Gasteiger partial charge < -0.3 is 20.1 Å². The molecule has 26 heavy (non-hydrogen) atoms. The summed E-state index contributed by atoms with van der Waals surface area (Å²) in [6.45, 7) is 3.50. The maximum atomic E-state index is 12.0. The summed E-state index contributed by atoms with van der Waals surface area (Å²) in [5.74, 6) is -3.69. The number of aliphatic carboxylic acids is 2. The van der Waals surface area contributed by atoms with Gasteiger partial charge in [-0.3, -0.25) is 9.59 Å². The largest absolute Gasteiger partial charge is 0.481 e. The molecular weight excluding hydrogens is 340 g/mol. The number of esters is 1. The average Bonchev–Trinajstić information content (AvgIpc) is 2.51. The summed E-state index contributed by atoms with van der Waals surface area (Å²) in [6.07, 6.45) is 7.29. The van der Waals surface area contributed by atoms with Crippen molar-refractivity contribution in [3.8, 4) is 0 Å². The second-order valence-corrected chi connectivity index (χ2v) is 6.98. The summed E-state index contributed by atoms with van der Waals surface area (Å²) in [5.41, 5.74) is -2.23. The second kappa shape index (κ2) is 13.6. The minimum Gasteiger partial charge on any atom is -0.481 e. The third-order valence-corrected chi connectivity index (χ3v) is 4.25. The number of aliphatic hydroxyl groups is 1. The van der Waals surface area contributed by atoms with Crippen LogP contribution in [0.2, 0.25) is 0 Å². The lowest BCUT2D eigenvalue weighted by Gasteiger charge is -2.29. The molecule has 0 aliphatic carbocycles. The molecule has 0 fully saturated rings. The van der Waals surface area contributed by atoms with Gasteiger partial charge in [-0.1, -0.05) is 58.3 Å². The van der Waals surface area contributed by atoms with Crippen LogP contribution in [-0.4, -0.2) is 44.9 Å². The molecule has 0 aliphatic rings. The first-order chi connectivity index (χ1) is 12.2. The van der Waals surface area contributed by atoms with E-state index in [2.05, 4.69) is 6.92 Å². The maximum Gasteiger partial charge on any atom is 0.348 e. The molecule has 7 nitrogen and oxygen atoms in total. The van der Waals surface area contributed by atoms with Crippen molar-refractivity contribution in [1.29, 1.82) is 0 Å². The zero-order valence-corrected chi connectivity index (χ0v) is 16.0. The van der Waals surface area contributed by atoms with Crippen LogP contribution in [0.3, 0.4) is 0 Å². The SMILES string of the molecule is CCCCCCCCCCCC(=O)OC(CC(=O)O)(CC(C)O)C(=O)O. The smallest absolute Gasteiger partial charge is 0.348 e. The first-order valence-electron chi connectivity index (χ1n) is 9.58. The zero-order chi connectivity index (χ0) is 20.0. The minimum atomic E-state index is -2.23. The lowest BCUT2D eigenvalue weighted by Crippen LogP contribution is -2.47. The number of ether oxygens (including phenoxy) is 1. The Kier molecular flexibility index (Phi) is 12.7. The van der Waals surface area contributed by atoms with E-state index in [9.17, 15) is 24.6 Å². The fourth-order valence-electron chi connectivity index (χ4n) is 2.93. The van der Waals surface area contributed by atoms with Crippen LogP contribution in [-0.2, 0) is 19.1 Å². The maximum absolute atomic E-state index is 12.0. The number of hydrogen-bond acceptors (Lipinski definition) is 5. The minimum absolute atomic E-state index is 0.0459. The van der Waals surface area contributed by atoms with Crippen LogP contribution in [0.5, 0.6) is 0 Å². The Morgan fingerprint density at radius 2 is 1.42 bits per heavy atom. The molecule has 0 bridgehead atoms. The van der Waals surface area contributed by atoms with Crippen molar-refractivity contribution in [3.63, 3.8) is 0 Å². The number of carbonyl (C=O) groups is 3. The number of rotatable bonds is 16.